The van der Waals surface area contributed by atoms with Gasteiger partial charge in [-0.1, -0.05) is 0 Å². The van der Waals surface area contributed by atoms with E-state index >= 15 is 0 Å². The van der Waals surface area contributed by atoms with Crippen molar-refractivity contribution in [2.45, 2.75) is 44.6 Å². The van der Waals surface area contributed by atoms with Crippen LogP contribution < -0.4 is 10.1 Å². The zero-order valence-corrected chi connectivity index (χ0v) is 19.5. The van der Waals surface area contributed by atoms with E-state index in [0.29, 0.717) is 30.4 Å². The van der Waals surface area contributed by atoms with Crippen LogP contribution in [0, 0.1) is 12.7 Å². The van der Waals surface area contributed by atoms with E-state index in [9.17, 15) is 9.18 Å². The lowest BCUT2D eigenvalue weighted by Gasteiger charge is -2.36. The van der Waals surface area contributed by atoms with E-state index in [-0.39, 0.29) is 11.4 Å². The number of amides is 1. The van der Waals surface area contributed by atoms with E-state index in [0.717, 1.165) is 48.1 Å². The third kappa shape index (κ3) is 3.95. The molecule has 2 aliphatic heterocycles. The summed E-state index contributed by atoms with van der Waals surface area (Å²) in [6.45, 7) is 4.86. The number of hydrogen-bond donors (Lipinski definition) is 1. The van der Waals surface area contributed by atoms with Crippen LogP contribution in [0.1, 0.15) is 42.5 Å². The minimum atomic E-state index is -0.628. The number of carbonyl (C=O) groups excluding carboxylic acids is 1. The fraction of sp³-hybridized carbons (Fsp3) is 0.400. The fourth-order valence-electron chi connectivity index (χ4n) is 4.95. The molecule has 3 aromatic rings. The Bertz CT molecular complexity index is 1240. The third-order valence-corrected chi connectivity index (χ3v) is 6.93. The number of nitrogens with one attached hydrogen (secondary N) is 1. The van der Waals surface area contributed by atoms with Crippen LogP contribution in [0.25, 0.3) is 11.4 Å². The molecule has 0 saturated carbocycles. The molecular formula is C25H27FN6O2. The van der Waals surface area contributed by atoms with Gasteiger partial charge in [-0.05, 0) is 50.8 Å². The van der Waals surface area contributed by atoms with Gasteiger partial charge in [0.2, 0.25) is 11.8 Å². The Labute approximate surface area is 197 Å². The van der Waals surface area contributed by atoms with Crippen molar-refractivity contribution in [3.63, 3.8) is 0 Å². The Morgan fingerprint density at radius 1 is 1.24 bits per heavy atom. The predicted octanol–water partition coefficient (Wildman–Crippen LogP) is 3.52. The number of aryl methyl sites for hydroxylation is 2. The number of hydrogen-bond acceptors (Lipinski definition) is 7. The number of carbonyl (C=O) groups is 1. The molecular weight excluding hydrogens is 435 g/mol. The van der Waals surface area contributed by atoms with Crippen LogP contribution in [0.5, 0.6) is 5.88 Å². The molecule has 0 bridgehead atoms. The maximum Gasteiger partial charge on any atom is 0.230 e. The van der Waals surface area contributed by atoms with Crippen molar-refractivity contribution >= 4 is 11.7 Å². The van der Waals surface area contributed by atoms with Crippen molar-refractivity contribution in [2.24, 2.45) is 0 Å². The van der Waals surface area contributed by atoms with Crippen molar-refractivity contribution in [2.75, 3.05) is 25.5 Å². The van der Waals surface area contributed by atoms with Crippen LogP contribution in [-0.4, -0.2) is 56.5 Å². The minimum Gasteiger partial charge on any atom is -0.481 e. The van der Waals surface area contributed by atoms with E-state index in [1.807, 2.05) is 11.8 Å². The van der Waals surface area contributed by atoms with Gasteiger partial charge in [0, 0.05) is 42.7 Å². The fourth-order valence-corrected chi connectivity index (χ4v) is 4.95. The normalized spacial score (nSPS) is 20.1. The first-order chi connectivity index (χ1) is 16.4. The van der Waals surface area contributed by atoms with E-state index in [1.54, 1.807) is 25.4 Å². The first kappa shape index (κ1) is 22.2. The Morgan fingerprint density at radius 3 is 2.79 bits per heavy atom. The van der Waals surface area contributed by atoms with Gasteiger partial charge in [-0.15, -0.1) is 0 Å². The molecule has 0 aliphatic carbocycles. The smallest absolute Gasteiger partial charge is 0.230 e. The topological polar surface area (TPSA) is 93.1 Å². The lowest BCUT2D eigenvalue weighted by Crippen LogP contribution is -2.46. The molecule has 1 fully saturated rings. The van der Waals surface area contributed by atoms with E-state index in [4.69, 9.17) is 9.72 Å². The van der Waals surface area contributed by atoms with Crippen LogP contribution in [0.3, 0.4) is 0 Å². The number of halogens is 1. The molecule has 176 valence electrons. The van der Waals surface area contributed by atoms with Gasteiger partial charge in [0.25, 0.3) is 0 Å². The summed E-state index contributed by atoms with van der Waals surface area (Å²) in [5.41, 5.74) is 2.98. The summed E-state index contributed by atoms with van der Waals surface area (Å²) in [6.07, 6.45) is 7.11. The van der Waals surface area contributed by atoms with Gasteiger partial charge in [-0.3, -0.25) is 4.79 Å². The lowest BCUT2D eigenvalue weighted by atomic mass is 9.86. The summed E-state index contributed by atoms with van der Waals surface area (Å²) in [6, 6.07) is 5.41. The first-order valence-electron chi connectivity index (χ1n) is 11.4. The van der Waals surface area contributed by atoms with Gasteiger partial charge in [0.1, 0.15) is 11.6 Å². The van der Waals surface area contributed by atoms with Gasteiger partial charge in [0.05, 0.1) is 30.5 Å². The van der Waals surface area contributed by atoms with Crippen LogP contribution in [0.4, 0.5) is 10.2 Å². The summed E-state index contributed by atoms with van der Waals surface area (Å²) >= 11 is 0. The summed E-state index contributed by atoms with van der Waals surface area (Å²) in [5, 5.41) is 3.64. The Balaban J connectivity index is 1.33. The molecule has 8 nitrogen and oxygen atoms in total. The highest BCUT2D eigenvalue weighted by molar-refractivity contribution is 5.84. The second-order valence-electron chi connectivity index (χ2n) is 9.09. The number of methoxy groups -OCH3 is 1. The molecule has 1 spiro atoms. The van der Waals surface area contributed by atoms with Crippen molar-refractivity contribution in [1.82, 2.24) is 24.8 Å². The first-order valence-corrected chi connectivity index (χ1v) is 11.4. The molecule has 0 radical (unpaired) electrons. The van der Waals surface area contributed by atoms with Crippen LogP contribution in [-0.2, 0) is 11.2 Å². The second-order valence-corrected chi connectivity index (χ2v) is 9.09. The number of anilines is 1. The molecule has 5 rings (SSSR count). The Kier molecular flexibility index (Phi) is 5.63. The molecule has 0 aromatic carbocycles. The van der Waals surface area contributed by atoms with Crippen molar-refractivity contribution in [1.29, 1.82) is 0 Å². The lowest BCUT2D eigenvalue weighted by molar-refractivity contribution is -0.131. The maximum absolute atomic E-state index is 14.4. The second kappa shape index (κ2) is 8.62. The monoisotopic (exact) mass is 462 g/mol. The molecule has 2 atom stereocenters. The average Bonchev–Trinajstić information content (AvgIpc) is 3.26. The van der Waals surface area contributed by atoms with Gasteiger partial charge < -0.3 is 15.0 Å². The zero-order chi connectivity index (χ0) is 23.9. The number of ether oxygens (including phenoxy) is 1. The summed E-state index contributed by atoms with van der Waals surface area (Å²) in [7, 11) is 1.47. The molecule has 1 amide bonds. The minimum absolute atomic E-state index is 0.0997. The number of pyridine rings is 2. The highest BCUT2D eigenvalue weighted by Crippen LogP contribution is 2.38. The third-order valence-electron chi connectivity index (χ3n) is 6.93. The van der Waals surface area contributed by atoms with Gasteiger partial charge in [-0.25, -0.2) is 24.3 Å². The zero-order valence-electron chi connectivity index (χ0n) is 19.5. The number of fused-ring (bicyclic) bond motifs is 1. The summed E-state index contributed by atoms with van der Waals surface area (Å²) in [4.78, 5) is 32.5. The van der Waals surface area contributed by atoms with E-state index in [1.165, 1.54) is 13.2 Å². The van der Waals surface area contributed by atoms with Crippen molar-refractivity contribution < 1.29 is 13.9 Å². The van der Waals surface area contributed by atoms with Crippen molar-refractivity contribution in [3.8, 4) is 17.3 Å². The molecule has 1 N–H and O–H groups in total. The van der Waals surface area contributed by atoms with Crippen molar-refractivity contribution in [3.05, 3.63) is 59.4 Å². The maximum atomic E-state index is 14.4. The molecule has 2 aliphatic rings. The Hall–Kier alpha value is -3.62. The predicted molar refractivity (Wildman–Crippen MR) is 125 cm³/mol. The quantitative estimate of drug-likeness (QED) is 0.634. The van der Waals surface area contributed by atoms with Crippen LogP contribution in [0.2, 0.25) is 0 Å². The molecule has 0 unspecified atom stereocenters. The van der Waals surface area contributed by atoms with E-state index < -0.39 is 11.7 Å². The number of aromatic nitrogens is 4. The van der Waals surface area contributed by atoms with Gasteiger partial charge in [0.15, 0.2) is 5.82 Å². The molecule has 5 heterocycles. The van der Waals surface area contributed by atoms with Gasteiger partial charge in [-0.2, -0.15) is 0 Å². The largest absolute Gasteiger partial charge is 0.481 e. The van der Waals surface area contributed by atoms with Gasteiger partial charge >= 0.3 is 0 Å². The summed E-state index contributed by atoms with van der Waals surface area (Å²) < 4.78 is 19.5. The molecule has 9 heteroatoms. The number of likely N-dealkylation sites (tertiary alicyclic amines) is 1. The number of nitrogens with zero attached hydrogens (tertiary/aromatic N) is 5. The SMILES string of the molecule is COc1cc([C@H](C)C(=O)N2CC[C@]3(CCc4cc(-c5ncccn5)c(C)nc4N3)C2)c(F)cn1. The molecule has 1 saturated heterocycles. The molecule has 34 heavy (non-hydrogen) atoms. The average molecular weight is 463 g/mol. The highest BCUT2D eigenvalue weighted by atomic mass is 19.1. The summed E-state index contributed by atoms with van der Waals surface area (Å²) in [5.74, 6) is 0.589. The highest BCUT2D eigenvalue weighted by Gasteiger charge is 2.43. The van der Waals surface area contributed by atoms with E-state index in [2.05, 4.69) is 26.3 Å². The van der Waals surface area contributed by atoms with Crippen LogP contribution in [0.15, 0.2) is 36.8 Å². The van der Waals surface area contributed by atoms with Crippen LogP contribution >= 0.6 is 0 Å². The Morgan fingerprint density at radius 2 is 2.03 bits per heavy atom. The number of rotatable bonds is 4. The molecule has 3 aromatic heterocycles. The standard InChI is InChI=1S/C25H27FN6O2/c1-15(18-12-21(34-3)29-13-20(18)26)24(33)32-10-7-25(14-32)6-5-17-11-19(16(2)30-22(17)31-25)23-27-8-4-9-28-23/h4,8-9,11-13,15H,5-7,10,14H2,1-3H3,(H,30,31)/t15-,25+/m0/s1.